The number of halogens is 2. The van der Waals surface area contributed by atoms with Crippen LogP contribution in [-0.4, -0.2) is 22.6 Å². The van der Waals surface area contributed by atoms with Gasteiger partial charge in [-0.15, -0.1) is 0 Å². The molecule has 21 heavy (non-hydrogen) atoms. The molecule has 1 aromatic rings. The summed E-state index contributed by atoms with van der Waals surface area (Å²) in [5, 5.41) is 10.8. The van der Waals surface area contributed by atoms with E-state index in [4.69, 9.17) is 5.11 Å². The molecule has 0 aliphatic carbocycles. The van der Waals surface area contributed by atoms with Crippen molar-refractivity contribution < 1.29 is 18.7 Å². The van der Waals surface area contributed by atoms with Crippen molar-refractivity contribution in [2.75, 3.05) is 6.54 Å². The van der Waals surface area contributed by atoms with Crippen LogP contribution >= 0.6 is 0 Å². The van der Waals surface area contributed by atoms with Gasteiger partial charge >= 0.3 is 5.97 Å². The second-order valence-corrected chi connectivity index (χ2v) is 5.23. The van der Waals surface area contributed by atoms with E-state index >= 15 is 0 Å². The molecule has 0 saturated heterocycles. The Bertz CT molecular complexity index is 624. The summed E-state index contributed by atoms with van der Waals surface area (Å²) in [7, 11) is 0. The van der Waals surface area contributed by atoms with E-state index in [9.17, 15) is 13.6 Å². The fourth-order valence-electron chi connectivity index (χ4n) is 2.00. The summed E-state index contributed by atoms with van der Waals surface area (Å²) in [6.45, 7) is 4.56. The van der Waals surface area contributed by atoms with Crippen LogP contribution in [-0.2, 0) is 4.79 Å². The van der Waals surface area contributed by atoms with Gasteiger partial charge in [-0.3, -0.25) is 10.4 Å². The summed E-state index contributed by atoms with van der Waals surface area (Å²) in [5.41, 5.74) is 3.87. The highest BCUT2D eigenvalue weighted by Crippen LogP contribution is 2.21. The average Bonchev–Trinajstić information content (AvgIpc) is 2.40. The Balaban J connectivity index is 2.35. The molecule has 0 radical (unpaired) electrons. The number of hydrazine groups is 1. The van der Waals surface area contributed by atoms with Crippen molar-refractivity contribution in [1.82, 2.24) is 10.4 Å². The number of hydrogen-bond donors (Lipinski definition) is 2. The molecule has 0 saturated carbocycles. The van der Waals surface area contributed by atoms with E-state index in [1.165, 1.54) is 18.3 Å². The van der Waals surface area contributed by atoms with Crippen molar-refractivity contribution in [3.63, 3.8) is 0 Å². The first-order valence-corrected chi connectivity index (χ1v) is 6.52. The summed E-state index contributed by atoms with van der Waals surface area (Å²) < 4.78 is 26.3. The van der Waals surface area contributed by atoms with E-state index in [-0.39, 0.29) is 5.57 Å². The van der Waals surface area contributed by atoms with E-state index < -0.39 is 17.6 Å². The molecule has 1 aromatic carbocycles. The highest BCUT2D eigenvalue weighted by molar-refractivity contribution is 5.93. The van der Waals surface area contributed by atoms with Crippen molar-refractivity contribution in [1.29, 1.82) is 0 Å². The third kappa shape index (κ3) is 3.59. The molecule has 0 amide bonds. The Morgan fingerprint density at radius 3 is 2.62 bits per heavy atom. The van der Waals surface area contributed by atoms with Gasteiger partial charge in [-0.2, -0.15) is 0 Å². The second kappa shape index (κ2) is 5.95. The molecule has 1 heterocycles. The average molecular weight is 294 g/mol. The molecule has 112 valence electrons. The molecule has 0 unspecified atom stereocenters. The van der Waals surface area contributed by atoms with Crippen LogP contribution in [0.4, 0.5) is 8.78 Å². The van der Waals surface area contributed by atoms with Gasteiger partial charge in [0.15, 0.2) is 11.6 Å². The molecule has 0 spiro atoms. The monoisotopic (exact) mass is 294 g/mol. The molecular formula is C15H16F2N2O2. The predicted octanol–water partition coefficient (Wildman–Crippen LogP) is 2.75. The first-order valence-electron chi connectivity index (χ1n) is 6.52. The Morgan fingerprint density at radius 2 is 2.05 bits per heavy atom. The molecule has 4 nitrogen and oxygen atoms in total. The number of aliphatic carboxylic acids is 1. The lowest BCUT2D eigenvalue weighted by Gasteiger charge is -2.29. The molecule has 0 bridgehead atoms. The van der Waals surface area contributed by atoms with Crippen LogP contribution in [0.3, 0.4) is 0 Å². The number of rotatable bonds is 4. The summed E-state index contributed by atoms with van der Waals surface area (Å²) in [5.74, 6) is -2.70. The summed E-state index contributed by atoms with van der Waals surface area (Å²) in [6, 6.07) is 3.45. The first kappa shape index (κ1) is 15.0. The standard InChI is InChI=1S/C15H16F2N2O2/c1-9(2)7-19-8-11(15(20)21)6-14(18-19)10-3-4-12(16)13(17)5-10/h3-6,8-9,18H,7H2,1-2H3,(H,20,21). The lowest BCUT2D eigenvalue weighted by atomic mass is 10.1. The largest absolute Gasteiger partial charge is 0.478 e. The Morgan fingerprint density at radius 1 is 1.33 bits per heavy atom. The van der Waals surface area contributed by atoms with Crippen molar-refractivity contribution in [3.8, 4) is 0 Å². The molecule has 2 N–H and O–H groups in total. The molecule has 1 aliphatic rings. The third-order valence-corrected chi connectivity index (χ3v) is 2.90. The molecule has 0 atom stereocenters. The van der Waals surface area contributed by atoms with Gasteiger partial charge in [0.05, 0.1) is 11.3 Å². The number of carboxylic acids is 1. The van der Waals surface area contributed by atoms with E-state index in [2.05, 4.69) is 5.43 Å². The number of nitrogens with one attached hydrogen (secondary N) is 1. The zero-order valence-electron chi connectivity index (χ0n) is 11.7. The van der Waals surface area contributed by atoms with Crippen LogP contribution in [0.5, 0.6) is 0 Å². The third-order valence-electron chi connectivity index (χ3n) is 2.90. The minimum Gasteiger partial charge on any atom is -0.478 e. The Labute approximate surface area is 121 Å². The van der Waals surface area contributed by atoms with Crippen LogP contribution in [0.15, 0.2) is 36.0 Å². The number of nitrogens with zero attached hydrogens (tertiary/aromatic N) is 1. The minimum atomic E-state index is -1.08. The van der Waals surface area contributed by atoms with E-state index in [1.807, 2.05) is 13.8 Å². The molecule has 6 heteroatoms. The highest BCUT2D eigenvalue weighted by atomic mass is 19.2. The number of benzene rings is 1. The zero-order chi connectivity index (χ0) is 15.6. The lowest BCUT2D eigenvalue weighted by Crippen LogP contribution is -2.38. The van der Waals surface area contributed by atoms with Gasteiger partial charge in [-0.25, -0.2) is 13.6 Å². The zero-order valence-corrected chi connectivity index (χ0v) is 11.7. The molecule has 1 aliphatic heterocycles. The van der Waals surface area contributed by atoms with Crippen molar-refractivity contribution in [3.05, 3.63) is 53.2 Å². The van der Waals surface area contributed by atoms with Crippen LogP contribution in [0.1, 0.15) is 19.4 Å². The minimum absolute atomic E-state index is 0.0779. The molecule has 0 fully saturated rings. The molecule has 0 aromatic heterocycles. The van der Waals surface area contributed by atoms with E-state index in [0.717, 1.165) is 12.1 Å². The first-order chi connectivity index (χ1) is 9.86. The van der Waals surface area contributed by atoms with Crippen LogP contribution in [0.25, 0.3) is 5.70 Å². The van der Waals surface area contributed by atoms with E-state index in [1.54, 1.807) is 5.01 Å². The maximum absolute atomic E-state index is 13.3. The van der Waals surface area contributed by atoms with Crippen LogP contribution in [0.2, 0.25) is 0 Å². The van der Waals surface area contributed by atoms with E-state index in [0.29, 0.717) is 23.7 Å². The molecular weight excluding hydrogens is 278 g/mol. The van der Waals surface area contributed by atoms with Gasteiger partial charge in [-0.05, 0) is 30.2 Å². The second-order valence-electron chi connectivity index (χ2n) is 5.23. The quantitative estimate of drug-likeness (QED) is 0.896. The molecule has 2 rings (SSSR count). The smallest absolute Gasteiger partial charge is 0.337 e. The van der Waals surface area contributed by atoms with Crippen molar-refractivity contribution >= 4 is 11.7 Å². The number of hydrogen-bond acceptors (Lipinski definition) is 3. The van der Waals surface area contributed by atoms with Gasteiger partial charge in [0.1, 0.15) is 0 Å². The summed E-state index contributed by atoms with van der Waals surface area (Å²) in [6.07, 6.45) is 2.87. The topological polar surface area (TPSA) is 52.6 Å². The van der Waals surface area contributed by atoms with Crippen molar-refractivity contribution in [2.45, 2.75) is 13.8 Å². The summed E-state index contributed by atoms with van der Waals surface area (Å²) in [4.78, 5) is 11.2. The van der Waals surface area contributed by atoms with Gasteiger partial charge in [-0.1, -0.05) is 13.8 Å². The maximum atomic E-state index is 13.3. The van der Waals surface area contributed by atoms with Gasteiger partial charge in [0.25, 0.3) is 0 Å². The normalized spacial score (nSPS) is 14.6. The number of carbonyl (C=O) groups is 1. The maximum Gasteiger partial charge on any atom is 0.337 e. The lowest BCUT2D eigenvalue weighted by molar-refractivity contribution is -0.132. The predicted molar refractivity (Wildman–Crippen MR) is 74.7 cm³/mol. The fraction of sp³-hybridized carbons (Fsp3) is 0.267. The van der Waals surface area contributed by atoms with Gasteiger partial charge in [0.2, 0.25) is 0 Å². The Hall–Kier alpha value is -2.37. The van der Waals surface area contributed by atoms with Crippen LogP contribution < -0.4 is 5.43 Å². The van der Waals surface area contributed by atoms with Crippen molar-refractivity contribution in [2.24, 2.45) is 5.92 Å². The SMILES string of the molecule is CC(C)CN1C=C(C(=O)O)C=C(c2ccc(F)c(F)c2)N1. The Kier molecular flexibility index (Phi) is 4.26. The van der Waals surface area contributed by atoms with Gasteiger partial charge < -0.3 is 5.11 Å². The highest BCUT2D eigenvalue weighted by Gasteiger charge is 2.18. The summed E-state index contributed by atoms with van der Waals surface area (Å²) >= 11 is 0. The fourth-order valence-corrected chi connectivity index (χ4v) is 2.00. The number of carboxylic acid groups (broad SMARTS) is 1. The van der Waals surface area contributed by atoms with Crippen LogP contribution in [0, 0.1) is 17.6 Å². The van der Waals surface area contributed by atoms with Gasteiger partial charge in [0, 0.05) is 18.3 Å².